The Labute approximate surface area is 123 Å². The predicted octanol–water partition coefficient (Wildman–Crippen LogP) is 2.64. The molecule has 0 aliphatic carbocycles. The van der Waals surface area contributed by atoms with Crippen LogP contribution in [0.2, 0.25) is 0 Å². The van der Waals surface area contributed by atoms with Gasteiger partial charge in [-0.05, 0) is 31.9 Å². The second-order valence-corrected chi connectivity index (χ2v) is 4.93. The van der Waals surface area contributed by atoms with Gasteiger partial charge in [0.05, 0.1) is 11.8 Å². The Morgan fingerprint density at radius 3 is 2.71 bits per heavy atom. The maximum atomic E-state index is 12.4. The molecule has 1 aliphatic heterocycles. The number of furan rings is 1. The highest BCUT2D eigenvalue weighted by Crippen LogP contribution is 2.28. The smallest absolute Gasteiger partial charge is 0.338 e. The van der Waals surface area contributed by atoms with Crippen LogP contribution in [0.15, 0.2) is 34.1 Å². The Bertz CT molecular complexity index is 544. The molecule has 1 aliphatic rings. The molecule has 0 bridgehead atoms. The first-order valence-electron chi connectivity index (χ1n) is 7.09. The van der Waals surface area contributed by atoms with Gasteiger partial charge in [-0.2, -0.15) is 0 Å². The third-order valence-corrected chi connectivity index (χ3v) is 3.50. The molecule has 0 fully saturated rings. The molecule has 114 valence electrons. The van der Waals surface area contributed by atoms with E-state index < -0.39 is 12.0 Å². The van der Waals surface area contributed by atoms with Crippen molar-refractivity contribution >= 4 is 12.0 Å². The zero-order valence-electron chi connectivity index (χ0n) is 12.4. The van der Waals surface area contributed by atoms with Crippen molar-refractivity contribution in [3.05, 3.63) is 35.4 Å². The van der Waals surface area contributed by atoms with E-state index in [1.165, 1.54) is 6.26 Å². The van der Waals surface area contributed by atoms with Crippen molar-refractivity contribution in [2.24, 2.45) is 0 Å². The van der Waals surface area contributed by atoms with Gasteiger partial charge in [-0.3, -0.25) is 0 Å². The van der Waals surface area contributed by atoms with Gasteiger partial charge in [0.15, 0.2) is 0 Å². The number of esters is 1. The lowest BCUT2D eigenvalue weighted by Gasteiger charge is -2.27. The second kappa shape index (κ2) is 6.47. The number of carbonyl (C=O) groups is 2. The van der Waals surface area contributed by atoms with E-state index in [9.17, 15) is 9.59 Å². The molecule has 2 heterocycles. The number of urea groups is 1. The highest BCUT2D eigenvalue weighted by atomic mass is 16.5. The van der Waals surface area contributed by atoms with Crippen LogP contribution in [-0.4, -0.2) is 18.1 Å². The molecule has 0 spiro atoms. The van der Waals surface area contributed by atoms with E-state index in [1.54, 1.807) is 19.1 Å². The molecule has 2 amide bonds. The summed E-state index contributed by atoms with van der Waals surface area (Å²) in [6.07, 6.45) is 2.87. The monoisotopic (exact) mass is 292 g/mol. The molecule has 0 saturated carbocycles. The van der Waals surface area contributed by atoms with Gasteiger partial charge in [0.1, 0.15) is 17.9 Å². The Balaban J connectivity index is 2.29. The molecule has 1 atom stereocenters. The van der Waals surface area contributed by atoms with E-state index in [1.807, 2.05) is 13.8 Å². The summed E-state index contributed by atoms with van der Waals surface area (Å²) < 4.78 is 10.8. The number of carbonyl (C=O) groups excluding carboxylic acids is 2. The minimum atomic E-state index is -0.629. The van der Waals surface area contributed by atoms with Crippen LogP contribution >= 0.6 is 0 Å². The molecule has 0 radical (unpaired) electrons. The fraction of sp³-hybridized carbons (Fsp3) is 0.467. The van der Waals surface area contributed by atoms with Gasteiger partial charge in [-0.1, -0.05) is 13.8 Å². The lowest BCUT2D eigenvalue weighted by molar-refractivity contribution is -0.145. The summed E-state index contributed by atoms with van der Waals surface area (Å²) in [6.45, 7) is 5.61. The van der Waals surface area contributed by atoms with Gasteiger partial charge in [0.25, 0.3) is 0 Å². The quantitative estimate of drug-likeness (QED) is 0.817. The summed E-state index contributed by atoms with van der Waals surface area (Å²) in [4.78, 5) is 24.1. The van der Waals surface area contributed by atoms with Crippen LogP contribution in [0, 0.1) is 0 Å². The van der Waals surface area contributed by atoms with Crippen molar-refractivity contribution in [3.63, 3.8) is 0 Å². The zero-order chi connectivity index (χ0) is 15.4. The van der Waals surface area contributed by atoms with E-state index >= 15 is 0 Å². The van der Waals surface area contributed by atoms with E-state index in [-0.39, 0.29) is 12.1 Å². The highest BCUT2D eigenvalue weighted by molar-refractivity contribution is 5.94. The molecule has 1 aromatic rings. The highest BCUT2D eigenvalue weighted by Gasteiger charge is 2.34. The summed E-state index contributed by atoms with van der Waals surface area (Å²) >= 11 is 0. The zero-order valence-corrected chi connectivity index (χ0v) is 12.4. The van der Waals surface area contributed by atoms with Crippen LogP contribution in [-0.2, 0) is 9.53 Å². The second-order valence-electron chi connectivity index (χ2n) is 4.93. The lowest BCUT2D eigenvalue weighted by Crippen LogP contribution is -2.45. The number of nitrogens with one attached hydrogen (secondary N) is 2. The lowest BCUT2D eigenvalue weighted by atomic mass is 10.0. The molecule has 2 N–H and O–H groups in total. The van der Waals surface area contributed by atoms with Crippen LogP contribution in [0.3, 0.4) is 0 Å². The van der Waals surface area contributed by atoms with Gasteiger partial charge in [-0.15, -0.1) is 0 Å². The van der Waals surface area contributed by atoms with E-state index in [0.717, 1.165) is 12.8 Å². The van der Waals surface area contributed by atoms with E-state index in [0.29, 0.717) is 17.0 Å². The molecule has 6 heteroatoms. The Kier molecular flexibility index (Phi) is 4.67. The van der Waals surface area contributed by atoms with E-state index in [4.69, 9.17) is 9.15 Å². The van der Waals surface area contributed by atoms with Crippen molar-refractivity contribution < 1.29 is 18.7 Å². The number of rotatable bonds is 5. The maximum Gasteiger partial charge on any atom is 0.338 e. The number of allylic oxidation sites excluding steroid dienone is 1. The largest absolute Gasteiger partial charge is 0.467 e. The summed E-state index contributed by atoms with van der Waals surface area (Å²) in [6, 6.07) is 2.43. The first-order valence-corrected chi connectivity index (χ1v) is 7.09. The molecule has 6 nitrogen and oxygen atoms in total. The van der Waals surface area contributed by atoms with E-state index in [2.05, 4.69) is 10.6 Å². The molecule has 21 heavy (non-hydrogen) atoms. The topological polar surface area (TPSA) is 80.6 Å². The third kappa shape index (κ3) is 3.26. The molecule has 1 unspecified atom stereocenters. The summed E-state index contributed by atoms with van der Waals surface area (Å²) in [5, 5.41) is 5.29. The first-order chi connectivity index (χ1) is 10.1. The number of hydrogen-bond acceptors (Lipinski definition) is 4. The Morgan fingerprint density at radius 2 is 2.14 bits per heavy atom. The SMILES string of the molecule is CCC(CC)OC(=O)C1=C(C)NC(=O)NC1c1ccco1. The minimum Gasteiger partial charge on any atom is -0.467 e. The summed E-state index contributed by atoms with van der Waals surface area (Å²) in [5.41, 5.74) is 0.854. The van der Waals surface area contributed by atoms with Crippen molar-refractivity contribution in [1.82, 2.24) is 10.6 Å². The Hall–Kier alpha value is -2.24. The first kappa shape index (κ1) is 15.2. The van der Waals surface area contributed by atoms with Crippen LogP contribution in [0.25, 0.3) is 0 Å². The van der Waals surface area contributed by atoms with Gasteiger partial charge in [-0.25, -0.2) is 9.59 Å². The molecular weight excluding hydrogens is 272 g/mol. The molecule has 2 rings (SSSR count). The van der Waals surface area contributed by atoms with Gasteiger partial charge < -0.3 is 19.8 Å². The fourth-order valence-electron chi connectivity index (χ4n) is 2.30. The third-order valence-electron chi connectivity index (χ3n) is 3.50. The summed E-state index contributed by atoms with van der Waals surface area (Å²) in [7, 11) is 0. The average Bonchev–Trinajstić information content (AvgIpc) is 2.97. The number of ether oxygens (including phenoxy) is 1. The van der Waals surface area contributed by atoms with Crippen molar-refractivity contribution in [2.75, 3.05) is 0 Å². The van der Waals surface area contributed by atoms with Crippen molar-refractivity contribution in [3.8, 4) is 0 Å². The molecule has 1 aromatic heterocycles. The average molecular weight is 292 g/mol. The van der Waals surface area contributed by atoms with Gasteiger partial charge in [0, 0.05) is 5.70 Å². The van der Waals surface area contributed by atoms with Crippen LogP contribution in [0.1, 0.15) is 45.4 Å². The fourth-order valence-corrected chi connectivity index (χ4v) is 2.30. The van der Waals surface area contributed by atoms with Crippen molar-refractivity contribution in [1.29, 1.82) is 0 Å². The van der Waals surface area contributed by atoms with Gasteiger partial charge >= 0.3 is 12.0 Å². The number of hydrogen-bond donors (Lipinski definition) is 2. The van der Waals surface area contributed by atoms with Crippen LogP contribution < -0.4 is 10.6 Å². The maximum absolute atomic E-state index is 12.4. The van der Waals surface area contributed by atoms with Crippen LogP contribution in [0.4, 0.5) is 4.79 Å². The standard InChI is InChI=1S/C15H20N2O4/c1-4-10(5-2)21-14(18)12-9(3)16-15(19)17-13(12)11-7-6-8-20-11/h6-8,10,13H,4-5H2,1-3H3,(H2,16,17,19). The van der Waals surface area contributed by atoms with Crippen LogP contribution in [0.5, 0.6) is 0 Å². The summed E-state index contributed by atoms with van der Waals surface area (Å²) in [5.74, 6) is 0.0656. The molecular formula is C15H20N2O4. The minimum absolute atomic E-state index is 0.132. The molecule has 0 aromatic carbocycles. The van der Waals surface area contributed by atoms with Gasteiger partial charge in [0.2, 0.25) is 0 Å². The predicted molar refractivity (Wildman–Crippen MR) is 76.3 cm³/mol. The molecule has 0 saturated heterocycles. The number of amides is 2. The Morgan fingerprint density at radius 1 is 1.43 bits per heavy atom. The van der Waals surface area contributed by atoms with Crippen molar-refractivity contribution in [2.45, 2.75) is 45.8 Å². The normalized spacial score (nSPS) is 18.5.